The SMILES string of the molecule is COc1ccc(CCN2CCN(C(=O)c3csnc3C)CC2)cc1. The van der Waals surface area contributed by atoms with Gasteiger partial charge in [0.2, 0.25) is 0 Å². The first kappa shape index (κ1) is 16.9. The van der Waals surface area contributed by atoms with Crippen molar-refractivity contribution in [3.05, 3.63) is 46.5 Å². The lowest BCUT2D eigenvalue weighted by Gasteiger charge is -2.34. The van der Waals surface area contributed by atoms with Crippen molar-refractivity contribution in [2.24, 2.45) is 0 Å². The predicted octanol–water partition coefficient (Wildman–Crippen LogP) is 2.46. The summed E-state index contributed by atoms with van der Waals surface area (Å²) in [6.45, 7) is 6.35. The highest BCUT2D eigenvalue weighted by Gasteiger charge is 2.23. The van der Waals surface area contributed by atoms with E-state index in [1.165, 1.54) is 17.1 Å². The number of piperazine rings is 1. The minimum absolute atomic E-state index is 0.121. The summed E-state index contributed by atoms with van der Waals surface area (Å²) < 4.78 is 9.38. The number of ether oxygens (including phenoxy) is 1. The molecule has 1 aromatic heterocycles. The van der Waals surface area contributed by atoms with Crippen molar-refractivity contribution in [1.29, 1.82) is 0 Å². The average molecular weight is 345 g/mol. The minimum atomic E-state index is 0.121. The van der Waals surface area contributed by atoms with Gasteiger partial charge in [-0.2, -0.15) is 4.37 Å². The molecule has 0 spiro atoms. The molecule has 5 nitrogen and oxygen atoms in total. The van der Waals surface area contributed by atoms with E-state index in [9.17, 15) is 4.79 Å². The van der Waals surface area contributed by atoms with Gasteiger partial charge in [-0.15, -0.1) is 0 Å². The van der Waals surface area contributed by atoms with Crippen molar-refractivity contribution in [3.8, 4) is 5.75 Å². The second-order valence-corrected chi connectivity index (χ2v) is 6.67. The molecule has 1 fully saturated rings. The summed E-state index contributed by atoms with van der Waals surface area (Å²) in [6, 6.07) is 8.24. The first-order chi connectivity index (χ1) is 11.7. The van der Waals surface area contributed by atoms with E-state index in [1.54, 1.807) is 7.11 Å². The molecular formula is C18H23N3O2S. The third kappa shape index (κ3) is 3.94. The number of hydrogen-bond donors (Lipinski definition) is 0. The number of hydrogen-bond acceptors (Lipinski definition) is 5. The number of aryl methyl sites for hydroxylation is 1. The topological polar surface area (TPSA) is 45.7 Å². The van der Waals surface area contributed by atoms with E-state index in [0.29, 0.717) is 0 Å². The van der Waals surface area contributed by atoms with E-state index in [0.717, 1.165) is 56.2 Å². The van der Waals surface area contributed by atoms with E-state index < -0.39 is 0 Å². The van der Waals surface area contributed by atoms with Crippen molar-refractivity contribution in [2.75, 3.05) is 39.8 Å². The van der Waals surface area contributed by atoms with Crippen LogP contribution in [0.15, 0.2) is 29.6 Å². The van der Waals surface area contributed by atoms with Gasteiger partial charge in [-0.1, -0.05) is 12.1 Å². The Morgan fingerprint density at radius 1 is 1.21 bits per heavy atom. The van der Waals surface area contributed by atoms with E-state index in [4.69, 9.17) is 4.74 Å². The molecule has 0 unspecified atom stereocenters. The summed E-state index contributed by atoms with van der Waals surface area (Å²) in [5.74, 6) is 1.01. The summed E-state index contributed by atoms with van der Waals surface area (Å²) >= 11 is 1.35. The third-order valence-corrected chi connectivity index (χ3v) is 5.24. The molecule has 2 aromatic rings. The predicted molar refractivity (Wildman–Crippen MR) is 95.9 cm³/mol. The molecule has 3 rings (SSSR count). The molecule has 0 saturated carbocycles. The quantitative estimate of drug-likeness (QED) is 0.835. The zero-order chi connectivity index (χ0) is 16.9. The summed E-state index contributed by atoms with van der Waals surface area (Å²) in [5, 5.41) is 1.85. The van der Waals surface area contributed by atoms with Gasteiger partial charge in [0.1, 0.15) is 5.75 Å². The molecule has 1 aromatic carbocycles. The Hall–Kier alpha value is -1.92. The Balaban J connectivity index is 1.46. The van der Waals surface area contributed by atoms with Gasteiger partial charge in [-0.05, 0) is 42.6 Å². The fraction of sp³-hybridized carbons (Fsp3) is 0.444. The Labute approximate surface area is 147 Å². The van der Waals surface area contributed by atoms with Crippen molar-refractivity contribution < 1.29 is 9.53 Å². The van der Waals surface area contributed by atoms with Crippen molar-refractivity contribution in [3.63, 3.8) is 0 Å². The number of aromatic nitrogens is 1. The second-order valence-electron chi connectivity index (χ2n) is 6.05. The first-order valence-electron chi connectivity index (χ1n) is 8.23. The number of carbonyl (C=O) groups is 1. The fourth-order valence-corrected chi connectivity index (χ4v) is 3.61. The maximum absolute atomic E-state index is 12.5. The Morgan fingerprint density at radius 2 is 1.92 bits per heavy atom. The molecular weight excluding hydrogens is 322 g/mol. The van der Waals surface area contributed by atoms with Crippen LogP contribution in [0, 0.1) is 6.92 Å². The van der Waals surface area contributed by atoms with Crippen LogP contribution in [0.4, 0.5) is 0 Å². The molecule has 0 bridgehead atoms. The van der Waals surface area contributed by atoms with Gasteiger partial charge in [0.25, 0.3) is 5.91 Å². The van der Waals surface area contributed by atoms with Crippen LogP contribution in [0.3, 0.4) is 0 Å². The van der Waals surface area contributed by atoms with Crippen LogP contribution in [0.1, 0.15) is 21.6 Å². The molecule has 0 aliphatic carbocycles. The average Bonchev–Trinajstić information content (AvgIpc) is 3.06. The molecule has 24 heavy (non-hydrogen) atoms. The van der Waals surface area contributed by atoms with Crippen LogP contribution < -0.4 is 4.74 Å². The van der Waals surface area contributed by atoms with Crippen molar-refractivity contribution in [2.45, 2.75) is 13.3 Å². The van der Waals surface area contributed by atoms with E-state index >= 15 is 0 Å². The molecule has 1 aliphatic heterocycles. The highest BCUT2D eigenvalue weighted by molar-refractivity contribution is 7.03. The van der Waals surface area contributed by atoms with Crippen LogP contribution in [-0.4, -0.2) is 59.9 Å². The molecule has 6 heteroatoms. The maximum atomic E-state index is 12.5. The van der Waals surface area contributed by atoms with Crippen LogP contribution in [0.5, 0.6) is 5.75 Å². The third-order valence-electron chi connectivity index (χ3n) is 4.52. The van der Waals surface area contributed by atoms with Gasteiger partial charge >= 0.3 is 0 Å². The number of methoxy groups -OCH3 is 1. The molecule has 1 saturated heterocycles. The molecule has 1 aliphatic rings. The zero-order valence-corrected chi connectivity index (χ0v) is 15.0. The van der Waals surface area contributed by atoms with Crippen molar-refractivity contribution >= 4 is 17.4 Å². The van der Waals surface area contributed by atoms with Gasteiger partial charge in [-0.25, -0.2) is 0 Å². The van der Waals surface area contributed by atoms with E-state index in [1.807, 2.05) is 29.3 Å². The Bertz CT molecular complexity index is 676. The van der Waals surface area contributed by atoms with Crippen LogP contribution in [0.2, 0.25) is 0 Å². The number of benzene rings is 1. The minimum Gasteiger partial charge on any atom is -0.497 e. The normalized spacial score (nSPS) is 15.5. The molecule has 128 valence electrons. The Kier molecular flexibility index (Phi) is 5.48. The standard InChI is InChI=1S/C18H23N3O2S/c1-14-17(13-24-19-14)18(22)21-11-9-20(10-12-21)8-7-15-3-5-16(23-2)6-4-15/h3-6,13H,7-12H2,1-2H3. The lowest BCUT2D eigenvalue weighted by molar-refractivity contribution is 0.0638. The Morgan fingerprint density at radius 3 is 2.50 bits per heavy atom. The largest absolute Gasteiger partial charge is 0.497 e. The van der Waals surface area contributed by atoms with Crippen LogP contribution in [-0.2, 0) is 6.42 Å². The highest BCUT2D eigenvalue weighted by atomic mass is 32.1. The molecule has 0 radical (unpaired) electrons. The van der Waals surface area contributed by atoms with E-state index in [-0.39, 0.29) is 5.91 Å². The second kappa shape index (κ2) is 7.77. The lowest BCUT2D eigenvalue weighted by atomic mass is 10.1. The van der Waals surface area contributed by atoms with Gasteiger partial charge in [-0.3, -0.25) is 9.69 Å². The van der Waals surface area contributed by atoms with Crippen LogP contribution in [0.25, 0.3) is 0 Å². The summed E-state index contributed by atoms with van der Waals surface area (Å²) in [5.41, 5.74) is 2.91. The molecule has 0 N–H and O–H groups in total. The van der Waals surface area contributed by atoms with E-state index in [2.05, 4.69) is 21.4 Å². The highest BCUT2D eigenvalue weighted by Crippen LogP contribution is 2.15. The number of rotatable bonds is 5. The van der Waals surface area contributed by atoms with Gasteiger partial charge in [0.15, 0.2) is 0 Å². The smallest absolute Gasteiger partial charge is 0.256 e. The monoisotopic (exact) mass is 345 g/mol. The summed E-state index contributed by atoms with van der Waals surface area (Å²) in [6.07, 6.45) is 1.02. The zero-order valence-electron chi connectivity index (χ0n) is 14.2. The van der Waals surface area contributed by atoms with Gasteiger partial charge < -0.3 is 9.64 Å². The molecule has 1 amide bonds. The molecule has 0 atom stereocenters. The number of nitrogens with zero attached hydrogens (tertiary/aromatic N) is 3. The lowest BCUT2D eigenvalue weighted by Crippen LogP contribution is -2.49. The number of amides is 1. The summed E-state index contributed by atoms with van der Waals surface area (Å²) in [7, 11) is 1.68. The van der Waals surface area contributed by atoms with Gasteiger partial charge in [0, 0.05) is 38.1 Å². The van der Waals surface area contributed by atoms with Crippen molar-refractivity contribution in [1.82, 2.24) is 14.2 Å². The van der Waals surface area contributed by atoms with Crippen LogP contribution >= 0.6 is 11.5 Å². The van der Waals surface area contributed by atoms with Gasteiger partial charge in [0.05, 0.1) is 18.4 Å². The first-order valence-corrected chi connectivity index (χ1v) is 9.06. The molecule has 2 heterocycles. The fourth-order valence-electron chi connectivity index (χ4n) is 2.92. The maximum Gasteiger partial charge on any atom is 0.256 e. The summed E-state index contributed by atoms with van der Waals surface area (Å²) in [4.78, 5) is 16.9. The number of carbonyl (C=O) groups excluding carboxylic acids is 1.